The third kappa shape index (κ3) is 2.36. The van der Waals surface area contributed by atoms with Crippen molar-refractivity contribution in [1.29, 1.82) is 0 Å². The van der Waals surface area contributed by atoms with Crippen LogP contribution in [-0.4, -0.2) is 10.2 Å². The average Bonchev–Trinajstić information content (AvgIpc) is 2.79. The van der Waals surface area contributed by atoms with Crippen molar-refractivity contribution in [3.8, 4) is 11.5 Å². The number of hydrogen-bond donors (Lipinski definition) is 1. The summed E-state index contributed by atoms with van der Waals surface area (Å²) in [5, 5.41) is 8.05. The van der Waals surface area contributed by atoms with Crippen LogP contribution in [0.5, 0.6) is 0 Å². The molecule has 1 aromatic heterocycles. The lowest BCUT2D eigenvalue weighted by Crippen LogP contribution is -1.91. The van der Waals surface area contributed by atoms with Gasteiger partial charge in [0.1, 0.15) is 0 Å². The zero-order valence-electron chi connectivity index (χ0n) is 9.76. The minimum absolute atomic E-state index is 0.179. The Bertz CT molecular complexity index is 519. The maximum Gasteiger partial charge on any atom is 0.249 e. The fourth-order valence-corrected chi connectivity index (χ4v) is 1.59. The van der Waals surface area contributed by atoms with Gasteiger partial charge in [-0.3, -0.25) is 0 Å². The second-order valence-electron chi connectivity index (χ2n) is 3.96. The van der Waals surface area contributed by atoms with Crippen LogP contribution >= 0.6 is 0 Å². The van der Waals surface area contributed by atoms with Crippen molar-refractivity contribution in [3.05, 3.63) is 42.8 Å². The van der Waals surface area contributed by atoms with Crippen LogP contribution in [0.25, 0.3) is 11.5 Å². The zero-order chi connectivity index (χ0) is 12.3. The van der Waals surface area contributed by atoms with Crippen molar-refractivity contribution in [2.45, 2.75) is 19.3 Å². The lowest BCUT2D eigenvalue weighted by atomic mass is 10.1. The van der Waals surface area contributed by atoms with Crippen LogP contribution in [0.2, 0.25) is 0 Å². The summed E-state index contributed by atoms with van der Waals surface area (Å²) in [6, 6.07) is 7.44. The standard InChI is InChI=1S/C13H15N3O/c1-3-6-9(2)12-15-16-13(17-12)10-7-4-5-8-11(10)14/h3-5,7-9H,1,6,14H2,2H3/t9-/m0/s1. The summed E-state index contributed by atoms with van der Waals surface area (Å²) >= 11 is 0. The van der Waals surface area contributed by atoms with E-state index in [-0.39, 0.29) is 5.92 Å². The highest BCUT2D eigenvalue weighted by Gasteiger charge is 2.14. The number of para-hydroxylation sites is 1. The molecular formula is C13H15N3O. The van der Waals surface area contributed by atoms with E-state index < -0.39 is 0 Å². The molecule has 1 heterocycles. The first-order valence-electron chi connectivity index (χ1n) is 5.51. The molecular weight excluding hydrogens is 214 g/mol. The van der Waals surface area contributed by atoms with Crippen molar-refractivity contribution in [2.75, 3.05) is 5.73 Å². The topological polar surface area (TPSA) is 64.9 Å². The SMILES string of the molecule is C=CC[C@H](C)c1nnc(-c2ccccc2N)o1. The molecule has 0 radical (unpaired) electrons. The summed E-state index contributed by atoms with van der Waals surface area (Å²) in [4.78, 5) is 0. The average molecular weight is 229 g/mol. The van der Waals surface area contributed by atoms with E-state index in [1.165, 1.54) is 0 Å². The van der Waals surface area contributed by atoms with E-state index in [2.05, 4.69) is 16.8 Å². The summed E-state index contributed by atoms with van der Waals surface area (Å²) in [7, 11) is 0. The summed E-state index contributed by atoms with van der Waals surface area (Å²) in [6.07, 6.45) is 2.65. The van der Waals surface area contributed by atoms with Crippen LogP contribution in [0.4, 0.5) is 5.69 Å². The van der Waals surface area contributed by atoms with Crippen molar-refractivity contribution in [2.24, 2.45) is 0 Å². The van der Waals surface area contributed by atoms with E-state index in [1.54, 1.807) is 0 Å². The maximum absolute atomic E-state index is 5.85. The number of rotatable bonds is 4. The number of nitrogens with two attached hydrogens (primary N) is 1. The van der Waals surface area contributed by atoms with Crippen molar-refractivity contribution in [1.82, 2.24) is 10.2 Å². The van der Waals surface area contributed by atoms with Gasteiger partial charge in [-0.05, 0) is 18.6 Å². The van der Waals surface area contributed by atoms with Crippen molar-refractivity contribution < 1.29 is 4.42 Å². The zero-order valence-corrected chi connectivity index (χ0v) is 9.76. The summed E-state index contributed by atoms with van der Waals surface area (Å²) in [5.41, 5.74) is 7.27. The van der Waals surface area contributed by atoms with Crippen molar-refractivity contribution in [3.63, 3.8) is 0 Å². The van der Waals surface area contributed by atoms with Crippen LogP contribution in [0.1, 0.15) is 25.2 Å². The molecule has 1 aromatic carbocycles. The van der Waals surface area contributed by atoms with E-state index in [4.69, 9.17) is 10.2 Å². The molecule has 0 unspecified atom stereocenters. The number of benzene rings is 1. The van der Waals surface area contributed by atoms with E-state index >= 15 is 0 Å². The molecule has 0 saturated heterocycles. The molecule has 17 heavy (non-hydrogen) atoms. The predicted octanol–water partition coefficient (Wildman–Crippen LogP) is 3.00. The Morgan fingerprint density at radius 2 is 2.18 bits per heavy atom. The van der Waals surface area contributed by atoms with Gasteiger partial charge in [0.05, 0.1) is 5.56 Å². The third-order valence-electron chi connectivity index (χ3n) is 2.57. The molecule has 2 rings (SSSR count). The minimum atomic E-state index is 0.179. The van der Waals surface area contributed by atoms with Crippen LogP contribution in [-0.2, 0) is 0 Å². The molecule has 4 nitrogen and oxygen atoms in total. The van der Waals surface area contributed by atoms with Crippen LogP contribution in [0, 0.1) is 0 Å². The number of nitrogens with zero attached hydrogens (tertiary/aromatic N) is 2. The first-order chi connectivity index (χ1) is 8.22. The number of hydrogen-bond acceptors (Lipinski definition) is 4. The van der Waals surface area contributed by atoms with E-state index in [9.17, 15) is 0 Å². The second-order valence-corrected chi connectivity index (χ2v) is 3.96. The van der Waals surface area contributed by atoms with Gasteiger partial charge in [-0.2, -0.15) is 0 Å². The smallest absolute Gasteiger partial charge is 0.249 e. The minimum Gasteiger partial charge on any atom is -0.420 e. The second kappa shape index (κ2) is 4.82. The van der Waals surface area contributed by atoms with Gasteiger partial charge in [0.15, 0.2) is 0 Å². The highest BCUT2D eigenvalue weighted by molar-refractivity contribution is 5.69. The molecule has 0 aliphatic carbocycles. The maximum atomic E-state index is 5.85. The quantitative estimate of drug-likeness (QED) is 0.646. The number of allylic oxidation sites excluding steroid dienone is 1. The summed E-state index contributed by atoms with van der Waals surface area (Å²) in [6.45, 7) is 5.72. The van der Waals surface area contributed by atoms with Gasteiger partial charge < -0.3 is 10.2 Å². The van der Waals surface area contributed by atoms with Crippen LogP contribution in [0.3, 0.4) is 0 Å². The molecule has 0 saturated carbocycles. The normalized spacial score (nSPS) is 12.3. The molecule has 4 heteroatoms. The fraction of sp³-hybridized carbons (Fsp3) is 0.231. The molecule has 1 atom stereocenters. The Hall–Kier alpha value is -2.10. The predicted molar refractivity (Wildman–Crippen MR) is 67.4 cm³/mol. The molecule has 2 aromatic rings. The lowest BCUT2D eigenvalue weighted by molar-refractivity contribution is 0.469. The molecule has 0 aliphatic heterocycles. The summed E-state index contributed by atoms with van der Waals surface area (Å²) in [5.74, 6) is 1.26. The largest absolute Gasteiger partial charge is 0.420 e. The van der Waals surface area contributed by atoms with Crippen LogP contribution < -0.4 is 5.73 Å². The molecule has 0 fully saturated rings. The Balaban J connectivity index is 2.30. The Morgan fingerprint density at radius 3 is 2.88 bits per heavy atom. The van der Waals surface area contributed by atoms with E-state index in [0.717, 1.165) is 12.0 Å². The van der Waals surface area contributed by atoms with Crippen molar-refractivity contribution >= 4 is 5.69 Å². The summed E-state index contributed by atoms with van der Waals surface area (Å²) < 4.78 is 5.61. The first kappa shape index (κ1) is 11.4. The van der Waals surface area contributed by atoms with Crippen LogP contribution in [0.15, 0.2) is 41.3 Å². The number of nitrogen functional groups attached to an aromatic ring is 1. The monoisotopic (exact) mass is 229 g/mol. The molecule has 88 valence electrons. The molecule has 2 N–H and O–H groups in total. The molecule has 0 bridgehead atoms. The highest BCUT2D eigenvalue weighted by Crippen LogP contribution is 2.26. The Kier molecular flexibility index (Phi) is 3.23. The molecule has 0 spiro atoms. The Labute approximate surface area is 100 Å². The van der Waals surface area contributed by atoms with E-state index in [1.807, 2.05) is 37.3 Å². The van der Waals surface area contributed by atoms with E-state index in [0.29, 0.717) is 17.5 Å². The van der Waals surface area contributed by atoms with Gasteiger partial charge in [0.2, 0.25) is 11.8 Å². The van der Waals surface area contributed by atoms with Gasteiger partial charge in [-0.25, -0.2) is 0 Å². The Morgan fingerprint density at radius 1 is 1.41 bits per heavy atom. The number of anilines is 1. The fourth-order valence-electron chi connectivity index (χ4n) is 1.59. The molecule has 0 aliphatic rings. The van der Waals surface area contributed by atoms with Gasteiger partial charge in [-0.1, -0.05) is 25.1 Å². The highest BCUT2D eigenvalue weighted by atomic mass is 16.4. The molecule has 0 amide bonds. The lowest BCUT2D eigenvalue weighted by Gasteiger charge is -2.01. The van der Waals surface area contributed by atoms with Gasteiger partial charge >= 0.3 is 0 Å². The van der Waals surface area contributed by atoms with Gasteiger partial charge in [0.25, 0.3) is 0 Å². The van der Waals surface area contributed by atoms with Gasteiger partial charge in [-0.15, -0.1) is 16.8 Å². The van der Waals surface area contributed by atoms with Gasteiger partial charge in [0, 0.05) is 11.6 Å². The number of aromatic nitrogens is 2. The first-order valence-corrected chi connectivity index (χ1v) is 5.51. The third-order valence-corrected chi connectivity index (χ3v) is 2.57.